The van der Waals surface area contributed by atoms with Crippen LogP contribution >= 0.6 is 0 Å². The summed E-state index contributed by atoms with van der Waals surface area (Å²) >= 11 is 0. The zero-order valence-corrected chi connectivity index (χ0v) is 27.3. The number of ether oxygens (including phenoxy) is 1. The first-order valence-corrected chi connectivity index (χ1v) is 18.4. The van der Waals surface area contributed by atoms with E-state index in [1.54, 1.807) is 0 Å². The molecule has 1 aliphatic heterocycles. The number of nitrogens with zero attached hydrogens (tertiary/aromatic N) is 2. The summed E-state index contributed by atoms with van der Waals surface area (Å²) in [5.74, 6) is 1.80. The monoisotopic (exact) mass is 632 g/mol. The average Bonchev–Trinajstić information content (AvgIpc) is 3.56. The normalized spacial score (nSPS) is 12.2. The van der Waals surface area contributed by atoms with Crippen LogP contribution in [-0.2, 0) is 6.61 Å². The van der Waals surface area contributed by atoms with Gasteiger partial charge in [-0.3, -0.25) is 4.57 Å². The molecular formula is C44H32N2OSi. The van der Waals surface area contributed by atoms with Gasteiger partial charge >= 0.3 is 0 Å². The number of hydrogen-bond acceptors (Lipinski definition) is 2. The van der Waals surface area contributed by atoms with Crippen molar-refractivity contribution < 1.29 is 4.74 Å². The lowest BCUT2D eigenvalue weighted by Gasteiger charge is -2.35. The number of para-hydroxylation sites is 2. The van der Waals surface area contributed by atoms with Gasteiger partial charge in [-0.2, -0.15) is 0 Å². The van der Waals surface area contributed by atoms with Crippen LogP contribution in [0.3, 0.4) is 0 Å². The van der Waals surface area contributed by atoms with Crippen LogP contribution < -0.4 is 25.5 Å². The summed E-state index contributed by atoms with van der Waals surface area (Å²) in [5, 5.41) is 5.40. The molecule has 0 fully saturated rings. The highest BCUT2D eigenvalue weighted by Gasteiger charge is 2.41. The predicted octanol–water partition coefficient (Wildman–Crippen LogP) is 7.63. The van der Waals surface area contributed by atoms with Crippen molar-refractivity contribution in [1.82, 2.24) is 9.55 Å². The van der Waals surface area contributed by atoms with Gasteiger partial charge in [0.25, 0.3) is 0 Å². The van der Waals surface area contributed by atoms with E-state index in [-0.39, 0.29) is 0 Å². The van der Waals surface area contributed by atoms with Crippen LogP contribution in [-0.4, -0.2) is 17.6 Å². The minimum Gasteiger partial charge on any atom is -0.483 e. The molecule has 4 heteroatoms. The lowest BCUT2D eigenvalue weighted by molar-refractivity contribution is 0.281. The minimum atomic E-state index is -2.78. The molecule has 2 heterocycles. The van der Waals surface area contributed by atoms with Crippen molar-refractivity contribution in [3.63, 3.8) is 0 Å². The van der Waals surface area contributed by atoms with Gasteiger partial charge in [-0.25, -0.2) is 4.98 Å². The van der Waals surface area contributed by atoms with Gasteiger partial charge in [0.2, 0.25) is 0 Å². The van der Waals surface area contributed by atoms with E-state index in [0.29, 0.717) is 6.61 Å². The number of imidazole rings is 1. The van der Waals surface area contributed by atoms with E-state index in [4.69, 9.17) is 9.72 Å². The molecule has 0 atom stereocenters. The molecule has 0 saturated heterocycles. The van der Waals surface area contributed by atoms with Crippen molar-refractivity contribution in [3.8, 4) is 33.7 Å². The molecule has 1 aliphatic rings. The fourth-order valence-electron chi connectivity index (χ4n) is 7.45. The molecule has 0 unspecified atom stereocenters. The number of rotatable bonds is 6. The lowest BCUT2D eigenvalue weighted by atomic mass is 10.0. The molecule has 0 saturated carbocycles. The van der Waals surface area contributed by atoms with Crippen molar-refractivity contribution in [2.75, 3.05) is 0 Å². The molecule has 48 heavy (non-hydrogen) atoms. The Morgan fingerprint density at radius 1 is 0.458 bits per heavy atom. The quantitative estimate of drug-likeness (QED) is 0.139. The maximum atomic E-state index is 6.19. The van der Waals surface area contributed by atoms with Crippen molar-refractivity contribution in [1.29, 1.82) is 0 Å². The van der Waals surface area contributed by atoms with Crippen molar-refractivity contribution in [2.24, 2.45) is 0 Å². The second-order valence-electron chi connectivity index (χ2n) is 12.3. The average molecular weight is 633 g/mol. The molecule has 0 bridgehead atoms. The number of hydrogen-bond donors (Lipinski definition) is 0. The highest BCUT2D eigenvalue weighted by Crippen LogP contribution is 2.36. The fourth-order valence-corrected chi connectivity index (χ4v) is 12.3. The van der Waals surface area contributed by atoms with Crippen LogP contribution in [0.25, 0.3) is 39.0 Å². The molecule has 7 aromatic carbocycles. The minimum absolute atomic E-state index is 0.459. The molecule has 228 valence electrons. The smallest absolute Gasteiger partial charge is 0.179 e. The summed E-state index contributed by atoms with van der Waals surface area (Å²) in [5.41, 5.74) is 7.88. The third-order valence-electron chi connectivity index (χ3n) is 9.63. The largest absolute Gasteiger partial charge is 0.483 e. The van der Waals surface area contributed by atoms with Crippen LogP contribution in [0.15, 0.2) is 182 Å². The standard InChI is InChI=1S/C44H32N2OSi/c1-4-14-32(15-5-1)33-16-12-22-38(28-33)48(36-18-6-2-7-19-36,37-20-8-3-9-21-37)39-23-13-17-34(29-39)35-26-27-43-42(30-35)46-41-25-11-10-24-40(41)45-44(46)31-47-43/h1-30H,31H2. The molecule has 0 radical (unpaired) electrons. The molecular weight excluding hydrogens is 601 g/mol. The van der Waals surface area contributed by atoms with Crippen LogP contribution in [0, 0.1) is 0 Å². The summed E-state index contributed by atoms with van der Waals surface area (Å²) in [4.78, 5) is 4.87. The summed E-state index contributed by atoms with van der Waals surface area (Å²) < 4.78 is 8.45. The van der Waals surface area contributed by atoms with Gasteiger partial charge in [0.05, 0.1) is 16.7 Å². The number of benzene rings is 7. The SMILES string of the molecule is c1ccc(-c2cccc([Si](c3ccccc3)(c3ccccc3)c3cccc(-c4ccc5c(c4)-n4c(nc6ccccc64)CO5)c3)c2)cc1. The van der Waals surface area contributed by atoms with Crippen LogP contribution in [0.5, 0.6) is 5.75 Å². The van der Waals surface area contributed by atoms with Gasteiger partial charge < -0.3 is 4.74 Å². The molecule has 1 aromatic heterocycles. The highest BCUT2D eigenvalue weighted by molar-refractivity contribution is 7.20. The topological polar surface area (TPSA) is 27.1 Å². The van der Waals surface area contributed by atoms with E-state index < -0.39 is 8.07 Å². The first kappa shape index (κ1) is 28.3. The van der Waals surface area contributed by atoms with Gasteiger partial charge in [0.1, 0.15) is 12.4 Å². The van der Waals surface area contributed by atoms with Crippen LogP contribution in [0.2, 0.25) is 0 Å². The Balaban J connectivity index is 1.27. The third-order valence-corrected chi connectivity index (χ3v) is 14.4. The summed E-state index contributed by atoms with van der Waals surface area (Å²) in [6.07, 6.45) is 0. The van der Waals surface area contributed by atoms with E-state index in [2.05, 4.69) is 180 Å². The van der Waals surface area contributed by atoms with Gasteiger partial charge in [0, 0.05) is 0 Å². The molecule has 8 aromatic rings. The Morgan fingerprint density at radius 3 is 1.65 bits per heavy atom. The number of aromatic nitrogens is 2. The highest BCUT2D eigenvalue weighted by atomic mass is 28.3. The molecule has 0 spiro atoms. The zero-order valence-electron chi connectivity index (χ0n) is 26.3. The summed E-state index contributed by atoms with van der Waals surface area (Å²) in [7, 11) is -2.78. The Morgan fingerprint density at radius 2 is 0.979 bits per heavy atom. The maximum Gasteiger partial charge on any atom is 0.179 e. The Hall–Kier alpha value is -5.97. The number of fused-ring (bicyclic) bond motifs is 5. The molecule has 9 rings (SSSR count). The fraction of sp³-hybridized carbons (Fsp3) is 0.0227. The summed E-state index contributed by atoms with van der Waals surface area (Å²) in [6, 6.07) is 66.3. The Kier molecular flexibility index (Phi) is 6.88. The van der Waals surface area contributed by atoms with Crippen molar-refractivity contribution in [3.05, 3.63) is 188 Å². The van der Waals surface area contributed by atoms with E-state index in [0.717, 1.165) is 33.9 Å². The van der Waals surface area contributed by atoms with E-state index in [9.17, 15) is 0 Å². The maximum absolute atomic E-state index is 6.19. The van der Waals surface area contributed by atoms with Crippen LogP contribution in [0.4, 0.5) is 0 Å². The Bertz CT molecular complexity index is 2360. The molecule has 3 nitrogen and oxygen atoms in total. The van der Waals surface area contributed by atoms with Gasteiger partial charge in [-0.05, 0) is 67.3 Å². The zero-order chi connectivity index (χ0) is 31.9. The first-order valence-electron chi connectivity index (χ1n) is 16.4. The first-order chi connectivity index (χ1) is 23.8. The lowest BCUT2D eigenvalue weighted by Crippen LogP contribution is -2.74. The summed E-state index contributed by atoms with van der Waals surface area (Å²) in [6.45, 7) is 0.459. The van der Waals surface area contributed by atoms with Gasteiger partial charge in [0.15, 0.2) is 13.9 Å². The van der Waals surface area contributed by atoms with Crippen molar-refractivity contribution in [2.45, 2.75) is 6.61 Å². The third kappa shape index (κ3) is 4.61. The second kappa shape index (κ2) is 11.7. The Labute approximate surface area is 281 Å². The van der Waals surface area contributed by atoms with Gasteiger partial charge in [-0.1, -0.05) is 158 Å². The molecule has 0 aliphatic carbocycles. The van der Waals surface area contributed by atoms with Crippen molar-refractivity contribution >= 4 is 39.9 Å². The van der Waals surface area contributed by atoms with E-state index in [1.165, 1.54) is 37.4 Å². The van der Waals surface area contributed by atoms with E-state index in [1.807, 2.05) is 6.07 Å². The predicted molar refractivity (Wildman–Crippen MR) is 200 cm³/mol. The molecule has 0 N–H and O–H groups in total. The molecule has 0 amide bonds. The van der Waals surface area contributed by atoms with Crippen LogP contribution in [0.1, 0.15) is 5.82 Å². The second-order valence-corrected chi connectivity index (χ2v) is 16.1. The van der Waals surface area contributed by atoms with Gasteiger partial charge in [-0.15, -0.1) is 0 Å². The van der Waals surface area contributed by atoms with E-state index >= 15 is 0 Å².